The third-order valence-corrected chi connectivity index (χ3v) is 2.73. The third kappa shape index (κ3) is 4.07. The van der Waals surface area contributed by atoms with Crippen LogP contribution in [-0.2, 0) is 4.74 Å². The van der Waals surface area contributed by atoms with E-state index in [1.54, 1.807) is 0 Å². The molecule has 1 fully saturated rings. The van der Waals surface area contributed by atoms with Crippen molar-refractivity contribution in [2.45, 2.75) is 38.3 Å². The predicted octanol–water partition coefficient (Wildman–Crippen LogP) is 0.753. The largest absolute Gasteiger partial charge is 0.381 e. The first kappa shape index (κ1) is 11.0. The summed E-state index contributed by atoms with van der Waals surface area (Å²) in [5, 5.41) is 6.86. The van der Waals surface area contributed by atoms with Gasteiger partial charge in [-0.3, -0.25) is 0 Å². The van der Waals surface area contributed by atoms with E-state index in [0.29, 0.717) is 6.04 Å². The Bertz CT molecular complexity index is 142. The van der Waals surface area contributed by atoms with Crippen LogP contribution >= 0.6 is 0 Å². The van der Waals surface area contributed by atoms with Crippen LogP contribution in [0.25, 0.3) is 0 Å². The smallest absolute Gasteiger partial charge is 0.0480 e. The molecule has 1 rings (SSSR count). The lowest BCUT2D eigenvalue weighted by molar-refractivity contribution is 0.0763. The Hall–Kier alpha value is -0.120. The summed E-state index contributed by atoms with van der Waals surface area (Å²) in [5.74, 6) is 0. The van der Waals surface area contributed by atoms with Gasteiger partial charge in [-0.2, -0.15) is 0 Å². The molecular weight excluding hydrogens is 164 g/mol. The number of rotatable bonds is 4. The lowest BCUT2D eigenvalue weighted by Gasteiger charge is -2.29. The van der Waals surface area contributed by atoms with Crippen molar-refractivity contribution >= 4 is 0 Å². The van der Waals surface area contributed by atoms with Crippen LogP contribution < -0.4 is 10.6 Å². The highest BCUT2D eigenvalue weighted by molar-refractivity contribution is 4.81. The van der Waals surface area contributed by atoms with E-state index in [-0.39, 0.29) is 5.54 Å². The number of hydrogen-bond donors (Lipinski definition) is 2. The fraction of sp³-hybridized carbons (Fsp3) is 1.00. The van der Waals surface area contributed by atoms with Crippen LogP contribution in [0.1, 0.15) is 26.7 Å². The van der Waals surface area contributed by atoms with Crippen molar-refractivity contribution in [3.63, 3.8) is 0 Å². The van der Waals surface area contributed by atoms with Gasteiger partial charge in [0.05, 0.1) is 0 Å². The molecule has 0 radical (unpaired) electrons. The van der Waals surface area contributed by atoms with E-state index in [9.17, 15) is 0 Å². The van der Waals surface area contributed by atoms with Crippen LogP contribution in [0.5, 0.6) is 0 Å². The molecule has 0 amide bonds. The summed E-state index contributed by atoms with van der Waals surface area (Å²) in [6, 6.07) is 0.654. The topological polar surface area (TPSA) is 33.3 Å². The summed E-state index contributed by atoms with van der Waals surface area (Å²) < 4.78 is 5.30. The van der Waals surface area contributed by atoms with Gasteiger partial charge < -0.3 is 15.4 Å². The molecule has 3 heteroatoms. The molecule has 0 unspecified atom stereocenters. The first-order valence-electron chi connectivity index (χ1n) is 5.14. The van der Waals surface area contributed by atoms with Gasteiger partial charge in [0.1, 0.15) is 0 Å². The minimum Gasteiger partial charge on any atom is -0.381 e. The summed E-state index contributed by atoms with van der Waals surface area (Å²) in [5.41, 5.74) is 0.193. The molecule has 13 heavy (non-hydrogen) atoms. The molecule has 0 aliphatic carbocycles. The molecular formula is C10H22N2O. The molecule has 0 aromatic carbocycles. The molecule has 0 bridgehead atoms. The second-order valence-electron chi connectivity index (χ2n) is 4.40. The maximum Gasteiger partial charge on any atom is 0.0480 e. The Balaban J connectivity index is 2.17. The highest BCUT2D eigenvalue weighted by atomic mass is 16.5. The van der Waals surface area contributed by atoms with Crippen LogP contribution in [0.2, 0.25) is 0 Å². The minimum atomic E-state index is 0.193. The molecule has 0 aromatic heterocycles. The van der Waals surface area contributed by atoms with Gasteiger partial charge in [-0.05, 0) is 33.7 Å². The SMILES string of the molecule is CNC(C)(C)CNC1CCOCC1. The van der Waals surface area contributed by atoms with Crippen LogP contribution in [0.4, 0.5) is 0 Å². The number of nitrogens with one attached hydrogen (secondary N) is 2. The molecule has 1 heterocycles. The van der Waals surface area contributed by atoms with Crippen molar-refractivity contribution in [2.75, 3.05) is 26.8 Å². The molecule has 0 spiro atoms. The summed E-state index contributed by atoms with van der Waals surface area (Å²) in [6.45, 7) is 7.27. The van der Waals surface area contributed by atoms with Gasteiger partial charge in [-0.25, -0.2) is 0 Å². The quantitative estimate of drug-likeness (QED) is 0.680. The molecule has 78 valence electrons. The van der Waals surface area contributed by atoms with E-state index >= 15 is 0 Å². The van der Waals surface area contributed by atoms with E-state index in [4.69, 9.17) is 4.74 Å². The van der Waals surface area contributed by atoms with Crippen LogP contribution in [-0.4, -0.2) is 38.4 Å². The molecule has 1 saturated heterocycles. The highest BCUT2D eigenvalue weighted by Gasteiger charge is 2.18. The van der Waals surface area contributed by atoms with Gasteiger partial charge in [0.2, 0.25) is 0 Å². The molecule has 0 saturated carbocycles. The van der Waals surface area contributed by atoms with E-state index in [0.717, 1.165) is 32.6 Å². The van der Waals surface area contributed by atoms with E-state index in [1.807, 2.05) is 7.05 Å². The van der Waals surface area contributed by atoms with Crippen LogP contribution in [0, 0.1) is 0 Å². The monoisotopic (exact) mass is 186 g/mol. The van der Waals surface area contributed by atoms with Gasteiger partial charge in [-0.15, -0.1) is 0 Å². The normalized spacial score (nSPS) is 20.5. The molecule has 1 aliphatic heterocycles. The third-order valence-electron chi connectivity index (χ3n) is 2.73. The summed E-state index contributed by atoms with van der Waals surface area (Å²) in [7, 11) is 2.01. The predicted molar refractivity (Wildman–Crippen MR) is 55.0 cm³/mol. The molecule has 2 N–H and O–H groups in total. The average molecular weight is 186 g/mol. The zero-order chi connectivity index (χ0) is 9.73. The Morgan fingerprint density at radius 2 is 1.92 bits per heavy atom. The van der Waals surface area contributed by atoms with Gasteiger partial charge in [0, 0.05) is 31.3 Å². The highest BCUT2D eigenvalue weighted by Crippen LogP contribution is 2.07. The summed E-state index contributed by atoms with van der Waals surface area (Å²) in [6.07, 6.45) is 2.31. The fourth-order valence-electron chi connectivity index (χ4n) is 1.39. The van der Waals surface area contributed by atoms with Crippen molar-refractivity contribution in [3.05, 3.63) is 0 Å². The number of likely N-dealkylation sites (N-methyl/N-ethyl adjacent to an activating group) is 1. The van der Waals surface area contributed by atoms with Gasteiger partial charge in [0.15, 0.2) is 0 Å². The first-order chi connectivity index (χ1) is 6.14. The lowest BCUT2D eigenvalue weighted by Crippen LogP contribution is -2.49. The Morgan fingerprint density at radius 1 is 1.31 bits per heavy atom. The van der Waals surface area contributed by atoms with Crippen LogP contribution in [0.3, 0.4) is 0 Å². The van der Waals surface area contributed by atoms with Gasteiger partial charge in [-0.1, -0.05) is 0 Å². The molecule has 0 atom stereocenters. The van der Waals surface area contributed by atoms with Crippen LogP contribution in [0.15, 0.2) is 0 Å². The van der Waals surface area contributed by atoms with Gasteiger partial charge in [0.25, 0.3) is 0 Å². The first-order valence-corrected chi connectivity index (χ1v) is 5.14. The zero-order valence-corrected chi connectivity index (χ0v) is 9.02. The van der Waals surface area contributed by atoms with E-state index in [2.05, 4.69) is 24.5 Å². The maximum absolute atomic E-state index is 5.30. The summed E-state index contributed by atoms with van der Waals surface area (Å²) >= 11 is 0. The Kier molecular flexibility index (Phi) is 4.16. The van der Waals surface area contributed by atoms with Crippen molar-refractivity contribution in [3.8, 4) is 0 Å². The van der Waals surface area contributed by atoms with E-state index in [1.165, 1.54) is 0 Å². The Labute approximate surface area is 81.2 Å². The van der Waals surface area contributed by atoms with E-state index < -0.39 is 0 Å². The second-order valence-corrected chi connectivity index (χ2v) is 4.40. The number of hydrogen-bond acceptors (Lipinski definition) is 3. The average Bonchev–Trinajstić information content (AvgIpc) is 2.17. The van der Waals surface area contributed by atoms with Crippen molar-refractivity contribution in [1.82, 2.24) is 10.6 Å². The molecule has 0 aromatic rings. The molecule has 3 nitrogen and oxygen atoms in total. The number of ether oxygens (including phenoxy) is 1. The maximum atomic E-state index is 5.30. The zero-order valence-electron chi connectivity index (χ0n) is 9.02. The Morgan fingerprint density at radius 3 is 2.46 bits per heavy atom. The van der Waals surface area contributed by atoms with Crippen molar-refractivity contribution in [2.24, 2.45) is 0 Å². The molecule has 1 aliphatic rings. The minimum absolute atomic E-state index is 0.193. The summed E-state index contributed by atoms with van der Waals surface area (Å²) in [4.78, 5) is 0. The second kappa shape index (κ2) is 4.94. The lowest BCUT2D eigenvalue weighted by atomic mass is 10.0. The van der Waals surface area contributed by atoms with Crippen molar-refractivity contribution < 1.29 is 4.74 Å². The van der Waals surface area contributed by atoms with Gasteiger partial charge >= 0.3 is 0 Å². The fourth-order valence-corrected chi connectivity index (χ4v) is 1.39. The van der Waals surface area contributed by atoms with Crippen molar-refractivity contribution in [1.29, 1.82) is 0 Å². The standard InChI is InChI=1S/C10H22N2O/c1-10(2,11-3)8-12-9-4-6-13-7-5-9/h9,11-12H,4-8H2,1-3H3.